The molecule has 1 atom stereocenters. The van der Waals surface area contributed by atoms with E-state index < -0.39 is 6.36 Å². The summed E-state index contributed by atoms with van der Waals surface area (Å²) in [5.41, 5.74) is 1.66. The van der Waals surface area contributed by atoms with E-state index in [-0.39, 0.29) is 17.5 Å². The number of benzene rings is 2. The summed E-state index contributed by atoms with van der Waals surface area (Å²) in [7, 11) is 0. The number of rotatable bonds is 7. The van der Waals surface area contributed by atoms with Crippen LogP contribution in [0.5, 0.6) is 5.75 Å². The van der Waals surface area contributed by atoms with E-state index in [4.69, 9.17) is 0 Å². The van der Waals surface area contributed by atoms with Gasteiger partial charge in [0.1, 0.15) is 5.82 Å². The van der Waals surface area contributed by atoms with Crippen molar-refractivity contribution in [3.63, 3.8) is 0 Å². The van der Waals surface area contributed by atoms with E-state index in [1.165, 1.54) is 18.2 Å². The third-order valence-electron chi connectivity index (χ3n) is 4.16. The van der Waals surface area contributed by atoms with E-state index in [0.717, 1.165) is 12.0 Å². The van der Waals surface area contributed by atoms with Crippen molar-refractivity contribution >= 4 is 17.5 Å². The molecule has 1 aromatic heterocycles. The van der Waals surface area contributed by atoms with Crippen LogP contribution in [0.4, 0.5) is 30.6 Å². The SMILES string of the molecule is CC[C@H](C)Nc1nc(Nc2ccccc2OC(F)(F)F)cc(-c2ccccc2)n1. The van der Waals surface area contributed by atoms with Gasteiger partial charge in [-0.1, -0.05) is 49.4 Å². The average Bonchev–Trinajstić information content (AvgIpc) is 2.69. The molecule has 0 saturated heterocycles. The van der Waals surface area contributed by atoms with Crippen molar-refractivity contribution in [3.05, 3.63) is 60.7 Å². The molecule has 1 heterocycles. The molecule has 0 bridgehead atoms. The lowest BCUT2D eigenvalue weighted by Crippen LogP contribution is -2.18. The van der Waals surface area contributed by atoms with Crippen molar-refractivity contribution in [2.75, 3.05) is 10.6 Å². The fraction of sp³-hybridized carbons (Fsp3) is 0.238. The van der Waals surface area contributed by atoms with Gasteiger partial charge >= 0.3 is 6.36 Å². The molecule has 3 aromatic rings. The molecule has 0 radical (unpaired) electrons. The van der Waals surface area contributed by atoms with Gasteiger partial charge in [-0.05, 0) is 25.5 Å². The maximum absolute atomic E-state index is 12.7. The molecule has 2 aromatic carbocycles. The highest BCUT2D eigenvalue weighted by molar-refractivity contribution is 5.70. The monoisotopic (exact) mass is 402 g/mol. The number of aromatic nitrogens is 2. The van der Waals surface area contributed by atoms with Crippen LogP contribution in [-0.2, 0) is 0 Å². The Morgan fingerprint density at radius 1 is 1.00 bits per heavy atom. The molecule has 0 fully saturated rings. The van der Waals surface area contributed by atoms with Gasteiger partial charge in [-0.3, -0.25) is 0 Å². The zero-order valence-corrected chi connectivity index (χ0v) is 16.0. The van der Waals surface area contributed by atoms with E-state index in [0.29, 0.717) is 17.5 Å². The van der Waals surface area contributed by atoms with E-state index in [1.807, 2.05) is 44.2 Å². The fourth-order valence-corrected chi connectivity index (χ4v) is 2.58. The van der Waals surface area contributed by atoms with Crippen LogP contribution in [0.2, 0.25) is 0 Å². The Balaban J connectivity index is 1.98. The van der Waals surface area contributed by atoms with Crippen LogP contribution >= 0.6 is 0 Å². The van der Waals surface area contributed by atoms with Crippen LogP contribution < -0.4 is 15.4 Å². The Morgan fingerprint density at radius 2 is 1.69 bits per heavy atom. The molecule has 0 amide bonds. The Hall–Kier alpha value is -3.29. The van der Waals surface area contributed by atoms with Crippen molar-refractivity contribution in [1.82, 2.24) is 9.97 Å². The molecule has 0 aliphatic heterocycles. The number of nitrogens with zero attached hydrogens (tertiary/aromatic N) is 2. The number of ether oxygens (including phenoxy) is 1. The van der Waals surface area contributed by atoms with Crippen molar-refractivity contribution in [2.45, 2.75) is 32.7 Å². The number of halogens is 3. The molecule has 5 nitrogen and oxygen atoms in total. The van der Waals surface area contributed by atoms with Crippen LogP contribution in [0, 0.1) is 0 Å². The van der Waals surface area contributed by atoms with Gasteiger partial charge in [-0.25, -0.2) is 4.98 Å². The first kappa shape index (κ1) is 20.4. The minimum absolute atomic E-state index is 0.134. The Labute approximate surface area is 167 Å². The van der Waals surface area contributed by atoms with Crippen LogP contribution in [0.25, 0.3) is 11.3 Å². The molecule has 29 heavy (non-hydrogen) atoms. The van der Waals surface area contributed by atoms with E-state index in [1.54, 1.807) is 12.1 Å². The summed E-state index contributed by atoms with van der Waals surface area (Å²) >= 11 is 0. The topological polar surface area (TPSA) is 59.1 Å². The Kier molecular flexibility index (Phi) is 6.21. The van der Waals surface area contributed by atoms with Crippen LogP contribution in [0.3, 0.4) is 0 Å². The molecule has 0 aliphatic rings. The average molecular weight is 402 g/mol. The molecule has 0 unspecified atom stereocenters. The molecular formula is C21H21F3N4O. The summed E-state index contributed by atoms with van der Waals surface area (Å²) in [6.45, 7) is 4.03. The van der Waals surface area contributed by atoms with Crippen LogP contribution in [0.15, 0.2) is 60.7 Å². The highest BCUT2D eigenvalue weighted by atomic mass is 19.4. The second-order valence-electron chi connectivity index (χ2n) is 6.45. The molecule has 0 spiro atoms. The summed E-state index contributed by atoms with van der Waals surface area (Å²) in [4.78, 5) is 8.95. The number of para-hydroxylation sites is 2. The first-order valence-electron chi connectivity index (χ1n) is 9.17. The lowest BCUT2D eigenvalue weighted by atomic mass is 10.1. The molecule has 0 aliphatic carbocycles. The van der Waals surface area contributed by atoms with Gasteiger partial charge in [0.15, 0.2) is 5.75 Å². The third-order valence-corrected chi connectivity index (χ3v) is 4.16. The molecular weight excluding hydrogens is 381 g/mol. The smallest absolute Gasteiger partial charge is 0.404 e. The maximum atomic E-state index is 12.7. The first-order chi connectivity index (χ1) is 13.8. The first-order valence-corrected chi connectivity index (χ1v) is 9.17. The molecule has 0 saturated carbocycles. The van der Waals surface area contributed by atoms with Gasteiger partial charge in [0, 0.05) is 17.7 Å². The Morgan fingerprint density at radius 3 is 2.38 bits per heavy atom. The molecule has 3 rings (SSSR count). The minimum Gasteiger partial charge on any atom is -0.404 e. The Bertz CT molecular complexity index is 948. The van der Waals surface area contributed by atoms with Gasteiger partial charge in [-0.15, -0.1) is 13.2 Å². The summed E-state index contributed by atoms with van der Waals surface area (Å²) in [6, 6.07) is 17.1. The maximum Gasteiger partial charge on any atom is 0.573 e. The second-order valence-corrected chi connectivity index (χ2v) is 6.45. The predicted molar refractivity (Wildman–Crippen MR) is 107 cm³/mol. The number of hydrogen-bond acceptors (Lipinski definition) is 5. The second kappa shape index (κ2) is 8.81. The fourth-order valence-electron chi connectivity index (χ4n) is 2.58. The zero-order valence-electron chi connectivity index (χ0n) is 16.0. The summed E-state index contributed by atoms with van der Waals surface area (Å²) in [5.74, 6) is 0.400. The minimum atomic E-state index is -4.79. The standard InChI is InChI=1S/C21H21F3N4O/c1-3-14(2)25-20-27-17(15-9-5-4-6-10-15)13-19(28-20)26-16-11-7-8-12-18(16)29-21(22,23)24/h4-14H,3H2,1-2H3,(H2,25,26,27,28)/t14-/m0/s1. The van der Waals surface area contributed by atoms with Crippen molar-refractivity contribution in [3.8, 4) is 17.0 Å². The largest absolute Gasteiger partial charge is 0.573 e. The third kappa shape index (κ3) is 5.84. The number of anilines is 3. The van der Waals surface area contributed by atoms with Crippen LogP contribution in [0.1, 0.15) is 20.3 Å². The summed E-state index contributed by atoms with van der Waals surface area (Å²) < 4.78 is 42.2. The van der Waals surface area contributed by atoms with Crippen molar-refractivity contribution in [2.24, 2.45) is 0 Å². The van der Waals surface area contributed by atoms with Crippen LogP contribution in [-0.4, -0.2) is 22.4 Å². The highest BCUT2D eigenvalue weighted by Crippen LogP contribution is 2.32. The predicted octanol–water partition coefficient (Wildman–Crippen LogP) is 6.00. The van der Waals surface area contributed by atoms with E-state index >= 15 is 0 Å². The van der Waals surface area contributed by atoms with Crippen molar-refractivity contribution < 1.29 is 17.9 Å². The lowest BCUT2D eigenvalue weighted by molar-refractivity contribution is -0.274. The number of alkyl halides is 3. The van der Waals surface area contributed by atoms with Gasteiger partial charge in [0.05, 0.1) is 11.4 Å². The number of nitrogens with one attached hydrogen (secondary N) is 2. The van der Waals surface area contributed by atoms with Gasteiger partial charge in [0.25, 0.3) is 0 Å². The molecule has 2 N–H and O–H groups in total. The zero-order chi connectivity index (χ0) is 20.9. The van der Waals surface area contributed by atoms with E-state index in [2.05, 4.69) is 25.3 Å². The quantitative estimate of drug-likeness (QED) is 0.508. The van der Waals surface area contributed by atoms with Gasteiger partial charge in [0.2, 0.25) is 5.95 Å². The molecule has 152 valence electrons. The summed E-state index contributed by atoms with van der Waals surface area (Å²) in [6.07, 6.45) is -3.92. The van der Waals surface area contributed by atoms with E-state index in [9.17, 15) is 13.2 Å². The normalized spacial score (nSPS) is 12.3. The lowest BCUT2D eigenvalue weighted by Gasteiger charge is -2.16. The molecule has 8 heteroatoms. The van der Waals surface area contributed by atoms with Crippen molar-refractivity contribution in [1.29, 1.82) is 0 Å². The number of hydrogen-bond donors (Lipinski definition) is 2. The highest BCUT2D eigenvalue weighted by Gasteiger charge is 2.32. The summed E-state index contributed by atoms with van der Waals surface area (Å²) in [5, 5.41) is 6.13. The van der Waals surface area contributed by atoms with Gasteiger partial charge < -0.3 is 15.4 Å². The van der Waals surface area contributed by atoms with Gasteiger partial charge in [-0.2, -0.15) is 4.98 Å².